The molecule has 1 aliphatic heterocycles. The molecule has 2 heterocycles. The number of para-hydroxylation sites is 1. The molecule has 0 radical (unpaired) electrons. The Morgan fingerprint density at radius 1 is 1.35 bits per heavy atom. The summed E-state index contributed by atoms with van der Waals surface area (Å²) in [6.45, 7) is 0. The molecule has 20 heavy (non-hydrogen) atoms. The van der Waals surface area contributed by atoms with Gasteiger partial charge in [-0.3, -0.25) is 4.79 Å². The molecule has 1 aromatic carbocycles. The first-order valence-corrected chi connectivity index (χ1v) is 7.40. The topological polar surface area (TPSA) is 79.5 Å². The Morgan fingerprint density at radius 3 is 2.90 bits per heavy atom. The van der Waals surface area contributed by atoms with E-state index in [4.69, 9.17) is 4.42 Å². The van der Waals surface area contributed by atoms with Gasteiger partial charge in [-0.15, -0.1) is 0 Å². The molecule has 0 spiro atoms. The fraction of sp³-hybridized carbons (Fsp3) is 0.286. The zero-order chi connectivity index (χ0) is 14.1. The van der Waals surface area contributed by atoms with E-state index in [1.165, 1.54) is 6.07 Å². The first kappa shape index (κ1) is 13.2. The standard InChI is InChI=1S/C14H13NO4S/c16-11-7-20-6-10(11)15-13(17)9-5-8-3-1-2-4-12(8)19-14(9)18/h1-5,10-11,16H,6-7H2,(H,15,17). The molecule has 0 bridgehead atoms. The average Bonchev–Trinajstić information content (AvgIpc) is 2.83. The molecule has 0 saturated carbocycles. The number of carbonyl (C=O) groups excluding carboxylic acids is 1. The number of fused-ring (bicyclic) bond motifs is 1. The van der Waals surface area contributed by atoms with Crippen molar-refractivity contribution in [2.24, 2.45) is 0 Å². The largest absolute Gasteiger partial charge is 0.422 e. The summed E-state index contributed by atoms with van der Waals surface area (Å²) < 4.78 is 5.12. The number of carbonyl (C=O) groups is 1. The molecule has 6 heteroatoms. The van der Waals surface area contributed by atoms with Crippen molar-refractivity contribution in [2.75, 3.05) is 11.5 Å². The van der Waals surface area contributed by atoms with Crippen molar-refractivity contribution >= 4 is 28.6 Å². The predicted octanol–water partition coefficient (Wildman–Crippen LogP) is 0.999. The van der Waals surface area contributed by atoms with Crippen LogP contribution in [0.3, 0.4) is 0 Å². The van der Waals surface area contributed by atoms with Gasteiger partial charge in [0.2, 0.25) is 0 Å². The molecule has 2 atom stereocenters. The summed E-state index contributed by atoms with van der Waals surface area (Å²) in [5.41, 5.74) is -0.250. The van der Waals surface area contributed by atoms with Gasteiger partial charge in [0.1, 0.15) is 11.1 Å². The summed E-state index contributed by atoms with van der Waals surface area (Å²) in [4.78, 5) is 24.0. The molecule has 1 saturated heterocycles. The van der Waals surface area contributed by atoms with Crippen LogP contribution in [0.4, 0.5) is 0 Å². The molecule has 104 valence electrons. The number of hydrogen-bond donors (Lipinski definition) is 2. The second kappa shape index (κ2) is 5.30. The lowest BCUT2D eigenvalue weighted by Gasteiger charge is -2.15. The fourth-order valence-electron chi connectivity index (χ4n) is 2.15. The Balaban J connectivity index is 1.91. The van der Waals surface area contributed by atoms with Crippen LogP contribution in [0.1, 0.15) is 10.4 Å². The van der Waals surface area contributed by atoms with Crippen LogP contribution >= 0.6 is 11.8 Å². The van der Waals surface area contributed by atoms with Crippen LogP contribution < -0.4 is 10.9 Å². The number of thioether (sulfide) groups is 1. The first-order valence-electron chi connectivity index (χ1n) is 6.25. The van der Waals surface area contributed by atoms with Gasteiger partial charge in [-0.1, -0.05) is 18.2 Å². The fourth-order valence-corrected chi connectivity index (χ4v) is 3.32. The van der Waals surface area contributed by atoms with Crippen LogP contribution in [-0.4, -0.2) is 34.7 Å². The van der Waals surface area contributed by atoms with Gasteiger partial charge in [0.25, 0.3) is 5.91 Å². The highest BCUT2D eigenvalue weighted by atomic mass is 32.2. The Labute approximate surface area is 119 Å². The van der Waals surface area contributed by atoms with Crippen molar-refractivity contribution in [1.29, 1.82) is 0 Å². The van der Waals surface area contributed by atoms with E-state index in [1.807, 2.05) is 0 Å². The summed E-state index contributed by atoms with van der Waals surface area (Å²) >= 11 is 1.57. The molecule has 0 aliphatic carbocycles. The summed E-state index contributed by atoms with van der Waals surface area (Å²) in [5, 5.41) is 13.1. The minimum Gasteiger partial charge on any atom is -0.422 e. The SMILES string of the molecule is O=C(NC1CSCC1O)c1cc2ccccc2oc1=O. The lowest BCUT2D eigenvalue weighted by molar-refractivity contribution is 0.0885. The second-order valence-corrected chi connectivity index (χ2v) is 5.75. The van der Waals surface area contributed by atoms with Gasteiger partial charge in [-0.2, -0.15) is 11.8 Å². The number of aliphatic hydroxyl groups is 1. The van der Waals surface area contributed by atoms with E-state index in [2.05, 4.69) is 5.32 Å². The van der Waals surface area contributed by atoms with Gasteiger partial charge < -0.3 is 14.8 Å². The van der Waals surface area contributed by atoms with Crippen molar-refractivity contribution < 1.29 is 14.3 Å². The van der Waals surface area contributed by atoms with Gasteiger partial charge in [0.05, 0.1) is 12.1 Å². The summed E-state index contributed by atoms with van der Waals surface area (Å²) in [6.07, 6.45) is -0.573. The molecular formula is C14H13NO4S. The second-order valence-electron chi connectivity index (χ2n) is 4.67. The van der Waals surface area contributed by atoms with Crippen molar-refractivity contribution in [1.82, 2.24) is 5.32 Å². The summed E-state index contributed by atoms with van der Waals surface area (Å²) in [6, 6.07) is 8.22. The third-order valence-corrected chi connectivity index (χ3v) is 4.43. The van der Waals surface area contributed by atoms with Gasteiger partial charge >= 0.3 is 5.63 Å². The molecular weight excluding hydrogens is 278 g/mol. The molecule has 2 N–H and O–H groups in total. The zero-order valence-electron chi connectivity index (χ0n) is 10.5. The van der Waals surface area contributed by atoms with E-state index in [1.54, 1.807) is 36.0 Å². The van der Waals surface area contributed by atoms with E-state index >= 15 is 0 Å². The molecule has 2 unspecified atom stereocenters. The maximum absolute atomic E-state index is 12.1. The molecule has 3 rings (SSSR count). The summed E-state index contributed by atoms with van der Waals surface area (Å²) in [7, 11) is 0. The van der Waals surface area contributed by atoms with Crippen LogP contribution in [0.25, 0.3) is 11.0 Å². The Kier molecular flexibility index (Phi) is 3.50. The van der Waals surface area contributed by atoms with E-state index in [-0.39, 0.29) is 11.6 Å². The highest BCUT2D eigenvalue weighted by Crippen LogP contribution is 2.18. The number of aliphatic hydroxyl groups excluding tert-OH is 1. The molecule has 1 aromatic heterocycles. The number of nitrogens with one attached hydrogen (secondary N) is 1. The number of rotatable bonds is 2. The Hall–Kier alpha value is -1.79. The quantitative estimate of drug-likeness (QED) is 0.807. The minimum absolute atomic E-state index is 0.0344. The monoisotopic (exact) mass is 291 g/mol. The van der Waals surface area contributed by atoms with Gasteiger partial charge in [-0.25, -0.2) is 4.79 Å². The highest BCUT2D eigenvalue weighted by Gasteiger charge is 2.28. The van der Waals surface area contributed by atoms with Crippen LogP contribution in [0.2, 0.25) is 0 Å². The van der Waals surface area contributed by atoms with Gasteiger partial charge in [-0.05, 0) is 12.1 Å². The Bertz CT molecular complexity index is 712. The van der Waals surface area contributed by atoms with E-state index in [9.17, 15) is 14.7 Å². The van der Waals surface area contributed by atoms with Crippen molar-refractivity contribution in [2.45, 2.75) is 12.1 Å². The molecule has 1 fully saturated rings. The Morgan fingerprint density at radius 2 is 2.15 bits per heavy atom. The molecule has 1 aliphatic rings. The zero-order valence-corrected chi connectivity index (χ0v) is 11.4. The normalized spacial score (nSPS) is 22.1. The molecule has 5 nitrogen and oxygen atoms in total. The van der Waals surface area contributed by atoms with E-state index < -0.39 is 17.6 Å². The number of hydrogen-bond acceptors (Lipinski definition) is 5. The average molecular weight is 291 g/mol. The van der Waals surface area contributed by atoms with Crippen LogP contribution in [0.15, 0.2) is 39.5 Å². The van der Waals surface area contributed by atoms with Crippen LogP contribution in [-0.2, 0) is 0 Å². The first-order chi connectivity index (χ1) is 9.65. The smallest absolute Gasteiger partial charge is 0.349 e. The third kappa shape index (κ3) is 2.44. The maximum Gasteiger partial charge on any atom is 0.349 e. The summed E-state index contributed by atoms with van der Waals surface area (Å²) in [5.74, 6) is 0.736. The van der Waals surface area contributed by atoms with Gasteiger partial charge in [0.15, 0.2) is 0 Å². The highest BCUT2D eigenvalue weighted by molar-refractivity contribution is 7.99. The van der Waals surface area contributed by atoms with Crippen LogP contribution in [0.5, 0.6) is 0 Å². The van der Waals surface area contributed by atoms with Gasteiger partial charge in [0, 0.05) is 16.9 Å². The van der Waals surface area contributed by atoms with Crippen molar-refractivity contribution in [3.05, 3.63) is 46.3 Å². The van der Waals surface area contributed by atoms with E-state index in [0.29, 0.717) is 22.5 Å². The lowest BCUT2D eigenvalue weighted by Crippen LogP contribution is -2.43. The number of amides is 1. The molecule has 2 aromatic rings. The molecule has 1 amide bonds. The van der Waals surface area contributed by atoms with E-state index in [0.717, 1.165) is 0 Å². The number of benzene rings is 1. The van der Waals surface area contributed by atoms with Crippen LogP contribution in [0, 0.1) is 0 Å². The minimum atomic E-state index is -0.665. The van der Waals surface area contributed by atoms with Crippen molar-refractivity contribution in [3.8, 4) is 0 Å². The predicted molar refractivity (Wildman–Crippen MR) is 77.1 cm³/mol. The lowest BCUT2D eigenvalue weighted by atomic mass is 10.1. The third-order valence-electron chi connectivity index (χ3n) is 3.25. The maximum atomic E-state index is 12.1. The van der Waals surface area contributed by atoms with Crippen molar-refractivity contribution in [3.63, 3.8) is 0 Å².